The molecule has 0 aliphatic carbocycles. The molecule has 0 saturated carbocycles. The molecular weight excluding hydrogens is 333 g/mol. The van der Waals surface area contributed by atoms with Crippen molar-refractivity contribution in [2.24, 2.45) is 0 Å². The number of amides is 1. The second kappa shape index (κ2) is 6.89. The van der Waals surface area contributed by atoms with Gasteiger partial charge in [0, 0.05) is 6.04 Å². The minimum atomic E-state index is -0.337. The van der Waals surface area contributed by atoms with Crippen LogP contribution in [0.25, 0.3) is 0 Å². The summed E-state index contributed by atoms with van der Waals surface area (Å²) in [6, 6.07) is 13.2. The number of halogens is 2. The van der Waals surface area contributed by atoms with Crippen molar-refractivity contribution in [1.29, 1.82) is 0 Å². The molecule has 0 bridgehead atoms. The molecule has 120 valence electrons. The molecule has 0 spiro atoms. The number of anilines is 1. The highest BCUT2D eigenvalue weighted by atomic mass is 35.5. The van der Waals surface area contributed by atoms with Gasteiger partial charge in [0.15, 0.2) is 0 Å². The van der Waals surface area contributed by atoms with Gasteiger partial charge in [0.1, 0.15) is 6.04 Å². The Hall–Kier alpha value is -1.59. The Bertz CT molecular complexity index is 718. The maximum atomic E-state index is 12.4. The number of rotatable bonds is 3. The van der Waals surface area contributed by atoms with Gasteiger partial charge in [-0.2, -0.15) is 0 Å². The molecule has 2 atom stereocenters. The normalized spacial score (nSPS) is 20.5. The van der Waals surface area contributed by atoms with Gasteiger partial charge in [-0.25, -0.2) is 10.9 Å². The zero-order valence-corrected chi connectivity index (χ0v) is 14.1. The summed E-state index contributed by atoms with van der Waals surface area (Å²) in [5.41, 5.74) is 9.08. The maximum absolute atomic E-state index is 12.4. The van der Waals surface area contributed by atoms with Crippen molar-refractivity contribution in [3.8, 4) is 0 Å². The van der Waals surface area contributed by atoms with Gasteiger partial charge in [-0.1, -0.05) is 59.1 Å². The molecule has 1 fully saturated rings. The van der Waals surface area contributed by atoms with Crippen molar-refractivity contribution in [3.63, 3.8) is 0 Å². The number of hydrogen-bond acceptors (Lipinski definition) is 3. The van der Waals surface area contributed by atoms with E-state index in [2.05, 4.69) is 47.4 Å². The van der Waals surface area contributed by atoms with Crippen LogP contribution in [0.3, 0.4) is 0 Å². The fourth-order valence-corrected chi connectivity index (χ4v) is 2.91. The van der Waals surface area contributed by atoms with E-state index in [0.29, 0.717) is 22.2 Å². The van der Waals surface area contributed by atoms with Gasteiger partial charge in [0.2, 0.25) is 5.91 Å². The molecule has 1 aliphatic heterocycles. The topological polar surface area (TPSA) is 53.2 Å². The summed E-state index contributed by atoms with van der Waals surface area (Å²) in [5, 5.41) is 3.58. The van der Waals surface area contributed by atoms with Crippen LogP contribution < -0.4 is 16.2 Å². The van der Waals surface area contributed by atoms with E-state index in [1.165, 1.54) is 5.56 Å². The first-order chi connectivity index (χ1) is 11.0. The standard InChI is InChI=1S/C17H17Cl2N3O/c1-10-5-7-11(8-6-10)14-9-15(22-21-14)17(23)20-13-4-2-3-12(18)16(13)19/h2-8,14-15,21-22H,9H2,1H3,(H,20,23). The Labute approximate surface area is 145 Å². The SMILES string of the molecule is Cc1ccc(C2CC(C(=O)Nc3cccc(Cl)c3Cl)NN2)cc1. The maximum Gasteiger partial charge on any atom is 0.242 e. The number of nitrogens with one attached hydrogen (secondary N) is 3. The summed E-state index contributed by atoms with van der Waals surface area (Å²) in [4.78, 5) is 12.4. The molecule has 1 aliphatic rings. The largest absolute Gasteiger partial charge is 0.323 e. The van der Waals surface area contributed by atoms with Gasteiger partial charge in [-0.3, -0.25) is 4.79 Å². The number of benzene rings is 2. The minimum absolute atomic E-state index is 0.0983. The van der Waals surface area contributed by atoms with E-state index in [-0.39, 0.29) is 18.0 Å². The molecule has 2 aromatic carbocycles. The van der Waals surface area contributed by atoms with Crippen LogP contribution >= 0.6 is 23.2 Å². The number of hydrazine groups is 1. The van der Waals surface area contributed by atoms with E-state index in [9.17, 15) is 4.79 Å². The second-order valence-corrected chi connectivity index (χ2v) is 6.42. The molecule has 3 N–H and O–H groups in total. The van der Waals surface area contributed by atoms with Crippen LogP contribution in [0.1, 0.15) is 23.6 Å². The third-order valence-corrected chi connectivity index (χ3v) is 4.73. The van der Waals surface area contributed by atoms with Crippen molar-refractivity contribution in [3.05, 3.63) is 63.6 Å². The highest BCUT2D eigenvalue weighted by molar-refractivity contribution is 6.44. The van der Waals surface area contributed by atoms with Crippen LogP contribution in [0.5, 0.6) is 0 Å². The van der Waals surface area contributed by atoms with Crippen LogP contribution in [0, 0.1) is 6.92 Å². The van der Waals surface area contributed by atoms with E-state index in [0.717, 1.165) is 5.56 Å². The molecule has 23 heavy (non-hydrogen) atoms. The number of hydrogen-bond donors (Lipinski definition) is 3. The van der Waals surface area contributed by atoms with Crippen LogP contribution in [0.2, 0.25) is 10.0 Å². The summed E-state index contributed by atoms with van der Waals surface area (Å²) in [7, 11) is 0. The molecule has 1 heterocycles. The number of carbonyl (C=O) groups is 1. The van der Waals surface area contributed by atoms with Gasteiger partial charge in [0.25, 0.3) is 0 Å². The monoisotopic (exact) mass is 349 g/mol. The third kappa shape index (κ3) is 3.67. The predicted octanol–water partition coefficient (Wildman–Crippen LogP) is 3.85. The van der Waals surface area contributed by atoms with Crippen molar-refractivity contribution < 1.29 is 4.79 Å². The number of aryl methyl sites for hydroxylation is 1. The zero-order valence-electron chi connectivity index (χ0n) is 12.6. The average Bonchev–Trinajstić information content (AvgIpc) is 3.02. The van der Waals surface area contributed by atoms with Crippen molar-refractivity contribution in [2.45, 2.75) is 25.4 Å². The average molecular weight is 350 g/mol. The molecule has 4 nitrogen and oxygen atoms in total. The first kappa shape index (κ1) is 16.3. The first-order valence-corrected chi connectivity index (χ1v) is 8.12. The lowest BCUT2D eigenvalue weighted by Crippen LogP contribution is -2.39. The van der Waals surface area contributed by atoms with Gasteiger partial charge >= 0.3 is 0 Å². The summed E-state index contributed by atoms with van der Waals surface area (Å²) >= 11 is 12.1. The van der Waals surface area contributed by atoms with Gasteiger partial charge in [0.05, 0.1) is 15.7 Å². The molecule has 1 saturated heterocycles. The van der Waals surface area contributed by atoms with Gasteiger partial charge < -0.3 is 5.32 Å². The Morgan fingerprint density at radius 1 is 1.13 bits per heavy atom. The van der Waals surface area contributed by atoms with Crippen LogP contribution in [-0.2, 0) is 4.79 Å². The summed E-state index contributed by atoms with van der Waals surface area (Å²) in [6.07, 6.45) is 0.660. The third-order valence-electron chi connectivity index (χ3n) is 3.91. The predicted molar refractivity (Wildman–Crippen MR) is 93.7 cm³/mol. The quantitative estimate of drug-likeness (QED) is 0.788. The second-order valence-electron chi connectivity index (χ2n) is 5.63. The zero-order chi connectivity index (χ0) is 16.4. The van der Waals surface area contributed by atoms with Gasteiger partial charge in [-0.05, 0) is 31.0 Å². The summed E-state index contributed by atoms with van der Waals surface area (Å²) in [5.74, 6) is -0.142. The molecule has 6 heteroatoms. The van der Waals surface area contributed by atoms with Crippen molar-refractivity contribution in [2.75, 3.05) is 5.32 Å². The van der Waals surface area contributed by atoms with Crippen LogP contribution in [0.4, 0.5) is 5.69 Å². The Morgan fingerprint density at radius 3 is 2.61 bits per heavy atom. The molecule has 3 rings (SSSR count). The Kier molecular flexibility index (Phi) is 4.87. The van der Waals surface area contributed by atoms with Crippen LogP contribution in [0.15, 0.2) is 42.5 Å². The highest BCUT2D eigenvalue weighted by Gasteiger charge is 2.30. The van der Waals surface area contributed by atoms with Crippen LogP contribution in [-0.4, -0.2) is 11.9 Å². The molecular formula is C17H17Cl2N3O. The van der Waals surface area contributed by atoms with E-state index in [4.69, 9.17) is 23.2 Å². The highest BCUT2D eigenvalue weighted by Crippen LogP contribution is 2.30. The van der Waals surface area contributed by atoms with E-state index < -0.39 is 0 Å². The minimum Gasteiger partial charge on any atom is -0.323 e. The van der Waals surface area contributed by atoms with Crippen molar-refractivity contribution in [1.82, 2.24) is 10.9 Å². The molecule has 0 aromatic heterocycles. The van der Waals surface area contributed by atoms with E-state index in [1.807, 2.05) is 0 Å². The van der Waals surface area contributed by atoms with E-state index >= 15 is 0 Å². The van der Waals surface area contributed by atoms with Crippen molar-refractivity contribution >= 4 is 34.8 Å². The van der Waals surface area contributed by atoms with Gasteiger partial charge in [-0.15, -0.1) is 0 Å². The smallest absolute Gasteiger partial charge is 0.242 e. The lowest BCUT2D eigenvalue weighted by atomic mass is 10.0. The fourth-order valence-electron chi connectivity index (χ4n) is 2.57. The first-order valence-electron chi connectivity index (χ1n) is 7.37. The summed E-state index contributed by atoms with van der Waals surface area (Å²) < 4.78 is 0. The molecule has 0 radical (unpaired) electrons. The molecule has 2 unspecified atom stereocenters. The Morgan fingerprint density at radius 2 is 1.87 bits per heavy atom. The lowest BCUT2D eigenvalue weighted by molar-refractivity contribution is -0.117. The summed E-state index contributed by atoms with van der Waals surface area (Å²) in [6.45, 7) is 2.05. The van der Waals surface area contributed by atoms with E-state index in [1.54, 1.807) is 18.2 Å². The molecule has 2 aromatic rings. The fraction of sp³-hybridized carbons (Fsp3) is 0.235. The Balaban J connectivity index is 1.65. The molecule has 1 amide bonds. The lowest BCUT2D eigenvalue weighted by Gasteiger charge is -2.12. The number of carbonyl (C=O) groups excluding carboxylic acids is 1.